The van der Waals surface area contributed by atoms with Crippen LogP contribution in [-0.2, 0) is 17.8 Å². The second-order valence-electron chi connectivity index (χ2n) is 5.87. The fraction of sp³-hybridized carbons (Fsp3) is 0.588. The van der Waals surface area contributed by atoms with E-state index < -0.39 is 0 Å². The number of benzene rings is 1. The maximum atomic E-state index is 12.3. The van der Waals surface area contributed by atoms with Crippen LogP contribution in [0.5, 0.6) is 0 Å². The second kappa shape index (κ2) is 9.43. The molecule has 0 unspecified atom stereocenters. The van der Waals surface area contributed by atoms with E-state index in [9.17, 15) is 4.79 Å². The zero-order valence-electron chi connectivity index (χ0n) is 14.4. The van der Waals surface area contributed by atoms with Crippen LogP contribution in [0.4, 0.5) is 4.79 Å². The van der Waals surface area contributed by atoms with Gasteiger partial charge in [-0.15, -0.1) is 0 Å². The molecule has 0 aliphatic heterocycles. The van der Waals surface area contributed by atoms with Gasteiger partial charge in [0.1, 0.15) is 0 Å². The fourth-order valence-corrected chi connectivity index (χ4v) is 2.28. The molecule has 1 atom stereocenters. The van der Waals surface area contributed by atoms with Gasteiger partial charge >= 0.3 is 6.03 Å². The summed E-state index contributed by atoms with van der Waals surface area (Å²) in [6, 6.07) is 8.23. The lowest BCUT2D eigenvalue weighted by Crippen LogP contribution is -2.44. The average molecular weight is 307 g/mol. The number of nitrogens with one attached hydrogen (secondary N) is 1. The Bertz CT molecular complexity index is 463. The molecule has 5 nitrogen and oxygen atoms in total. The molecule has 0 saturated carbocycles. The maximum Gasteiger partial charge on any atom is 0.317 e. The first-order valence-corrected chi connectivity index (χ1v) is 7.70. The highest BCUT2D eigenvalue weighted by Crippen LogP contribution is 2.13. The molecule has 5 heteroatoms. The van der Waals surface area contributed by atoms with Crippen molar-refractivity contribution in [1.82, 2.24) is 15.1 Å². The van der Waals surface area contributed by atoms with Crippen molar-refractivity contribution in [3.05, 3.63) is 35.4 Å². The number of rotatable bonds is 8. The predicted molar refractivity (Wildman–Crippen MR) is 89.8 cm³/mol. The Morgan fingerprint density at radius 3 is 2.27 bits per heavy atom. The molecule has 0 spiro atoms. The van der Waals surface area contributed by atoms with Crippen molar-refractivity contribution >= 4 is 6.03 Å². The van der Waals surface area contributed by atoms with Gasteiger partial charge in [0.15, 0.2) is 0 Å². The molecule has 0 aromatic heterocycles. The molecule has 1 aromatic rings. The maximum absolute atomic E-state index is 12.3. The zero-order valence-corrected chi connectivity index (χ0v) is 14.4. The summed E-state index contributed by atoms with van der Waals surface area (Å²) in [5, 5.41) is 3.00. The molecule has 1 N–H and O–H groups in total. The van der Waals surface area contributed by atoms with Crippen molar-refractivity contribution in [2.75, 3.05) is 34.9 Å². The van der Waals surface area contributed by atoms with Gasteiger partial charge in [-0.05, 0) is 31.6 Å². The number of amides is 2. The van der Waals surface area contributed by atoms with Gasteiger partial charge in [-0.25, -0.2) is 4.79 Å². The predicted octanol–water partition coefficient (Wildman–Crippen LogP) is 2.31. The Kier molecular flexibility index (Phi) is 7.91. The molecular formula is C17H29N3O2. The minimum Gasteiger partial charge on any atom is -0.383 e. The summed E-state index contributed by atoms with van der Waals surface area (Å²) in [5.74, 6) is 0. The molecule has 1 aromatic carbocycles. The van der Waals surface area contributed by atoms with Crippen LogP contribution < -0.4 is 5.32 Å². The first-order valence-electron chi connectivity index (χ1n) is 7.70. The average Bonchev–Trinajstić information content (AvgIpc) is 2.48. The lowest BCUT2D eigenvalue weighted by atomic mass is 10.1. The highest BCUT2D eigenvalue weighted by atomic mass is 16.5. The summed E-state index contributed by atoms with van der Waals surface area (Å²) in [6.07, 6.45) is 0.852. The minimum atomic E-state index is -0.0662. The zero-order chi connectivity index (χ0) is 16.5. The van der Waals surface area contributed by atoms with Crippen LogP contribution in [0.3, 0.4) is 0 Å². The molecule has 0 heterocycles. The van der Waals surface area contributed by atoms with Gasteiger partial charge < -0.3 is 19.9 Å². The summed E-state index contributed by atoms with van der Waals surface area (Å²) >= 11 is 0. The Hall–Kier alpha value is -1.59. The Labute approximate surface area is 134 Å². The van der Waals surface area contributed by atoms with E-state index in [0.29, 0.717) is 13.2 Å². The molecule has 0 fully saturated rings. The molecule has 22 heavy (non-hydrogen) atoms. The van der Waals surface area contributed by atoms with Crippen LogP contribution in [0.1, 0.15) is 24.5 Å². The molecule has 124 valence electrons. The number of urea groups is 1. The van der Waals surface area contributed by atoms with Crippen molar-refractivity contribution < 1.29 is 9.53 Å². The third-order valence-corrected chi connectivity index (χ3v) is 3.55. The summed E-state index contributed by atoms with van der Waals surface area (Å²) in [4.78, 5) is 16.1. The topological polar surface area (TPSA) is 44.8 Å². The quantitative estimate of drug-likeness (QED) is 0.801. The molecule has 0 radical (unpaired) electrons. The highest BCUT2D eigenvalue weighted by molar-refractivity contribution is 5.74. The lowest BCUT2D eigenvalue weighted by Gasteiger charge is -2.24. The number of ether oxygens (including phenoxy) is 1. The Morgan fingerprint density at radius 1 is 1.18 bits per heavy atom. The van der Waals surface area contributed by atoms with Gasteiger partial charge in [0.25, 0.3) is 0 Å². The van der Waals surface area contributed by atoms with Gasteiger partial charge in [0.2, 0.25) is 0 Å². The number of methoxy groups -OCH3 is 1. The SMILES string of the molecule is CC[C@@H](COC)NC(=O)N(C)Cc1ccccc1CN(C)C. The van der Waals surface area contributed by atoms with E-state index >= 15 is 0 Å². The standard InChI is InChI=1S/C17H29N3O2/c1-6-16(13-22-5)18-17(21)20(4)12-15-10-8-7-9-14(15)11-19(2)3/h7-10,16H,6,11-13H2,1-5H3,(H,18,21)/t16-/m0/s1. The van der Waals surface area contributed by atoms with E-state index in [1.807, 2.05) is 40.2 Å². The van der Waals surface area contributed by atoms with Gasteiger partial charge in [-0.3, -0.25) is 0 Å². The third-order valence-electron chi connectivity index (χ3n) is 3.55. The highest BCUT2D eigenvalue weighted by Gasteiger charge is 2.15. The van der Waals surface area contributed by atoms with E-state index in [-0.39, 0.29) is 12.1 Å². The van der Waals surface area contributed by atoms with Crippen molar-refractivity contribution in [3.63, 3.8) is 0 Å². The van der Waals surface area contributed by atoms with E-state index in [2.05, 4.69) is 22.3 Å². The number of nitrogens with zero attached hydrogens (tertiary/aromatic N) is 2. The van der Waals surface area contributed by atoms with Crippen LogP contribution in [0.15, 0.2) is 24.3 Å². The van der Waals surface area contributed by atoms with Crippen LogP contribution in [0.2, 0.25) is 0 Å². The smallest absolute Gasteiger partial charge is 0.317 e. The summed E-state index contributed by atoms with van der Waals surface area (Å²) in [7, 11) is 7.56. The van der Waals surface area contributed by atoms with Crippen LogP contribution >= 0.6 is 0 Å². The Balaban J connectivity index is 2.67. The van der Waals surface area contributed by atoms with E-state index in [1.165, 1.54) is 11.1 Å². The van der Waals surface area contributed by atoms with Crippen molar-refractivity contribution in [1.29, 1.82) is 0 Å². The van der Waals surface area contributed by atoms with E-state index in [0.717, 1.165) is 13.0 Å². The fourth-order valence-electron chi connectivity index (χ4n) is 2.28. The molecule has 0 aliphatic carbocycles. The van der Waals surface area contributed by atoms with Crippen molar-refractivity contribution in [2.24, 2.45) is 0 Å². The third kappa shape index (κ3) is 6.03. The van der Waals surface area contributed by atoms with E-state index in [1.54, 1.807) is 12.0 Å². The molecule has 1 rings (SSSR count). The molecule has 0 bridgehead atoms. The normalized spacial score (nSPS) is 12.3. The molecule has 0 aliphatic rings. The largest absolute Gasteiger partial charge is 0.383 e. The van der Waals surface area contributed by atoms with Gasteiger partial charge in [0.05, 0.1) is 12.6 Å². The number of hydrogen-bond donors (Lipinski definition) is 1. The first-order chi connectivity index (χ1) is 10.5. The summed E-state index contributed by atoms with van der Waals surface area (Å²) < 4.78 is 5.12. The van der Waals surface area contributed by atoms with E-state index in [4.69, 9.17) is 4.74 Å². The van der Waals surface area contributed by atoms with Gasteiger partial charge in [-0.2, -0.15) is 0 Å². The Morgan fingerprint density at radius 2 is 1.77 bits per heavy atom. The molecule has 0 saturated heterocycles. The molecular weight excluding hydrogens is 278 g/mol. The number of carbonyl (C=O) groups is 1. The van der Waals surface area contributed by atoms with Crippen LogP contribution in [0.25, 0.3) is 0 Å². The number of hydrogen-bond acceptors (Lipinski definition) is 3. The van der Waals surface area contributed by atoms with Gasteiger partial charge in [0, 0.05) is 27.2 Å². The summed E-state index contributed by atoms with van der Waals surface area (Å²) in [5.41, 5.74) is 2.42. The first kappa shape index (κ1) is 18.5. The van der Waals surface area contributed by atoms with Crippen molar-refractivity contribution in [2.45, 2.75) is 32.5 Å². The summed E-state index contributed by atoms with van der Waals surface area (Å²) in [6.45, 7) is 4.04. The molecule has 2 amide bonds. The number of carbonyl (C=O) groups excluding carboxylic acids is 1. The second-order valence-corrected chi connectivity index (χ2v) is 5.87. The monoisotopic (exact) mass is 307 g/mol. The van der Waals surface area contributed by atoms with Crippen molar-refractivity contribution in [3.8, 4) is 0 Å². The lowest BCUT2D eigenvalue weighted by molar-refractivity contribution is 0.155. The van der Waals surface area contributed by atoms with Crippen LogP contribution in [0, 0.1) is 0 Å². The van der Waals surface area contributed by atoms with Crippen LogP contribution in [-0.4, -0.2) is 56.7 Å². The van der Waals surface area contributed by atoms with Gasteiger partial charge in [-0.1, -0.05) is 31.2 Å². The minimum absolute atomic E-state index is 0.0527.